The molecule has 2 aromatic rings. The SMILES string of the molecule is O=C(CCCc1c[nH]nn1)NC1CCN(C(=O)C=Cc2ccc(Cl)cc2Cl)CC1. The number of hydrogen-bond donors (Lipinski definition) is 2. The molecule has 1 aromatic heterocycles. The van der Waals surface area contributed by atoms with Crippen molar-refractivity contribution in [1.82, 2.24) is 25.6 Å². The van der Waals surface area contributed by atoms with Gasteiger partial charge in [0, 0.05) is 47.9 Å². The number of carbonyl (C=O) groups excluding carboxylic acids is 2. The molecule has 0 radical (unpaired) electrons. The van der Waals surface area contributed by atoms with Crippen molar-refractivity contribution in [2.45, 2.75) is 38.1 Å². The first-order chi connectivity index (χ1) is 14.0. The van der Waals surface area contributed by atoms with Crippen molar-refractivity contribution in [3.8, 4) is 0 Å². The lowest BCUT2D eigenvalue weighted by Gasteiger charge is -2.31. The zero-order chi connectivity index (χ0) is 20.6. The topological polar surface area (TPSA) is 91.0 Å². The van der Waals surface area contributed by atoms with Crippen molar-refractivity contribution in [2.24, 2.45) is 0 Å². The first-order valence-electron chi connectivity index (χ1n) is 9.58. The highest BCUT2D eigenvalue weighted by Crippen LogP contribution is 2.22. The molecule has 0 unspecified atom stereocenters. The predicted octanol–water partition coefficient (Wildman–Crippen LogP) is 3.25. The van der Waals surface area contributed by atoms with Gasteiger partial charge in [0.1, 0.15) is 0 Å². The Bertz CT molecular complexity index is 862. The highest BCUT2D eigenvalue weighted by atomic mass is 35.5. The number of H-pyrrole nitrogens is 1. The highest BCUT2D eigenvalue weighted by Gasteiger charge is 2.22. The number of likely N-dealkylation sites (tertiary alicyclic amines) is 1. The quantitative estimate of drug-likeness (QED) is 0.652. The summed E-state index contributed by atoms with van der Waals surface area (Å²) in [4.78, 5) is 26.3. The second-order valence-corrected chi connectivity index (χ2v) is 7.83. The summed E-state index contributed by atoms with van der Waals surface area (Å²) in [6, 6.07) is 5.26. The van der Waals surface area contributed by atoms with Gasteiger partial charge in [-0.3, -0.25) is 14.7 Å². The fourth-order valence-corrected chi connectivity index (χ4v) is 3.70. The summed E-state index contributed by atoms with van der Waals surface area (Å²) in [5.74, 6) is -0.0241. The summed E-state index contributed by atoms with van der Waals surface area (Å²) in [5, 5.41) is 14.3. The maximum atomic E-state index is 12.4. The van der Waals surface area contributed by atoms with Crippen LogP contribution in [0.1, 0.15) is 36.9 Å². The van der Waals surface area contributed by atoms with Crippen LogP contribution in [0.2, 0.25) is 10.0 Å². The van der Waals surface area contributed by atoms with Crippen LogP contribution in [-0.2, 0) is 16.0 Å². The molecule has 7 nitrogen and oxygen atoms in total. The van der Waals surface area contributed by atoms with Crippen molar-refractivity contribution >= 4 is 41.1 Å². The summed E-state index contributed by atoms with van der Waals surface area (Å²) < 4.78 is 0. The van der Waals surface area contributed by atoms with Gasteiger partial charge in [-0.05, 0) is 49.5 Å². The summed E-state index contributed by atoms with van der Waals surface area (Å²) >= 11 is 12.0. The van der Waals surface area contributed by atoms with Gasteiger partial charge in [-0.1, -0.05) is 34.5 Å². The standard InChI is InChI=1S/C20H23Cl2N5O2/c21-15-6-4-14(18(22)12-15)5-7-20(29)27-10-8-16(9-11-27)24-19(28)3-1-2-17-13-23-26-25-17/h4-7,12-13,16H,1-3,8-11H2,(H,24,28)(H,23,25,26). The minimum atomic E-state index is -0.0617. The number of halogens is 2. The molecule has 1 aliphatic rings. The number of amides is 2. The molecule has 154 valence electrons. The van der Waals surface area contributed by atoms with E-state index in [2.05, 4.69) is 20.7 Å². The molecule has 0 bridgehead atoms. The van der Waals surface area contributed by atoms with E-state index < -0.39 is 0 Å². The molecule has 3 rings (SSSR count). The molecular formula is C20H23Cl2N5O2. The Morgan fingerprint density at radius 1 is 1.28 bits per heavy atom. The van der Waals surface area contributed by atoms with Crippen LogP contribution in [0, 0.1) is 0 Å². The van der Waals surface area contributed by atoms with E-state index in [0.29, 0.717) is 29.6 Å². The van der Waals surface area contributed by atoms with Crippen LogP contribution in [0.15, 0.2) is 30.5 Å². The van der Waals surface area contributed by atoms with Gasteiger partial charge in [-0.2, -0.15) is 0 Å². The van der Waals surface area contributed by atoms with E-state index in [9.17, 15) is 9.59 Å². The Morgan fingerprint density at radius 2 is 2.07 bits per heavy atom. The fraction of sp³-hybridized carbons (Fsp3) is 0.400. The summed E-state index contributed by atoms with van der Waals surface area (Å²) in [5.41, 5.74) is 1.61. The third-order valence-corrected chi connectivity index (χ3v) is 5.41. The molecule has 0 aliphatic carbocycles. The molecule has 9 heteroatoms. The maximum Gasteiger partial charge on any atom is 0.246 e. The van der Waals surface area contributed by atoms with Crippen molar-refractivity contribution < 1.29 is 9.59 Å². The number of piperidine rings is 1. The number of carbonyl (C=O) groups is 2. The number of nitrogens with zero attached hydrogens (tertiary/aromatic N) is 3. The lowest BCUT2D eigenvalue weighted by atomic mass is 10.0. The number of aromatic amines is 1. The Balaban J connectivity index is 1.38. The van der Waals surface area contributed by atoms with Crippen molar-refractivity contribution in [3.63, 3.8) is 0 Å². The number of aryl methyl sites for hydroxylation is 1. The number of nitrogens with one attached hydrogen (secondary N) is 2. The molecule has 1 aliphatic heterocycles. The van der Waals surface area contributed by atoms with E-state index in [0.717, 1.165) is 36.9 Å². The Kier molecular flexibility index (Phi) is 7.66. The van der Waals surface area contributed by atoms with Gasteiger partial charge >= 0.3 is 0 Å². The average molecular weight is 436 g/mol. The molecule has 1 fully saturated rings. The molecule has 2 heterocycles. The van der Waals surface area contributed by atoms with E-state index in [-0.39, 0.29) is 17.9 Å². The molecule has 2 amide bonds. The van der Waals surface area contributed by atoms with E-state index in [1.807, 2.05) is 0 Å². The summed E-state index contributed by atoms with van der Waals surface area (Å²) in [6.07, 6.45) is 8.36. The minimum absolute atomic E-state index is 0.0375. The molecular weight excluding hydrogens is 413 g/mol. The Morgan fingerprint density at radius 3 is 2.76 bits per heavy atom. The van der Waals surface area contributed by atoms with Crippen LogP contribution in [0.4, 0.5) is 0 Å². The van der Waals surface area contributed by atoms with Gasteiger partial charge in [-0.25, -0.2) is 0 Å². The highest BCUT2D eigenvalue weighted by molar-refractivity contribution is 6.35. The summed E-state index contributed by atoms with van der Waals surface area (Å²) in [7, 11) is 0. The molecule has 1 aromatic carbocycles. The van der Waals surface area contributed by atoms with Gasteiger partial charge in [-0.15, -0.1) is 5.10 Å². The third-order valence-electron chi connectivity index (χ3n) is 4.84. The van der Waals surface area contributed by atoms with Crippen molar-refractivity contribution in [2.75, 3.05) is 13.1 Å². The van der Waals surface area contributed by atoms with Crippen LogP contribution in [0.25, 0.3) is 6.08 Å². The zero-order valence-corrected chi connectivity index (χ0v) is 17.4. The Labute approximate surface area is 179 Å². The van der Waals surface area contributed by atoms with E-state index in [1.54, 1.807) is 35.4 Å². The molecule has 29 heavy (non-hydrogen) atoms. The van der Waals surface area contributed by atoms with Crippen LogP contribution in [0.5, 0.6) is 0 Å². The van der Waals surface area contributed by atoms with Gasteiger partial charge in [0.2, 0.25) is 11.8 Å². The molecule has 0 spiro atoms. The summed E-state index contributed by atoms with van der Waals surface area (Å²) in [6.45, 7) is 1.23. The number of rotatable bonds is 7. The number of hydrogen-bond acceptors (Lipinski definition) is 4. The second kappa shape index (κ2) is 10.4. The molecule has 1 saturated heterocycles. The van der Waals surface area contributed by atoms with Crippen LogP contribution in [0.3, 0.4) is 0 Å². The van der Waals surface area contributed by atoms with Gasteiger partial charge < -0.3 is 10.2 Å². The first-order valence-corrected chi connectivity index (χ1v) is 10.3. The zero-order valence-electron chi connectivity index (χ0n) is 15.9. The van der Waals surface area contributed by atoms with Crippen molar-refractivity contribution in [3.05, 3.63) is 51.8 Å². The van der Waals surface area contributed by atoms with E-state index >= 15 is 0 Å². The predicted molar refractivity (Wildman–Crippen MR) is 113 cm³/mol. The fourth-order valence-electron chi connectivity index (χ4n) is 3.22. The van der Waals surface area contributed by atoms with Crippen LogP contribution in [-0.4, -0.2) is 51.3 Å². The largest absolute Gasteiger partial charge is 0.353 e. The van der Waals surface area contributed by atoms with Gasteiger partial charge in [0.15, 0.2) is 0 Å². The second-order valence-electron chi connectivity index (χ2n) is 6.98. The molecule has 0 saturated carbocycles. The van der Waals surface area contributed by atoms with E-state index in [1.165, 1.54) is 6.08 Å². The smallest absolute Gasteiger partial charge is 0.246 e. The third kappa shape index (κ3) is 6.58. The van der Waals surface area contributed by atoms with E-state index in [4.69, 9.17) is 23.2 Å². The van der Waals surface area contributed by atoms with Crippen molar-refractivity contribution in [1.29, 1.82) is 0 Å². The Hall–Kier alpha value is -2.38. The number of benzene rings is 1. The average Bonchev–Trinajstić information content (AvgIpc) is 3.21. The van der Waals surface area contributed by atoms with Gasteiger partial charge in [0.05, 0.1) is 5.69 Å². The van der Waals surface area contributed by atoms with Gasteiger partial charge in [0.25, 0.3) is 0 Å². The maximum absolute atomic E-state index is 12.4. The molecule has 2 N–H and O–H groups in total. The monoisotopic (exact) mass is 435 g/mol. The lowest BCUT2D eigenvalue weighted by Crippen LogP contribution is -2.46. The lowest BCUT2D eigenvalue weighted by molar-refractivity contribution is -0.127. The number of aromatic nitrogens is 3. The molecule has 0 atom stereocenters. The van der Waals surface area contributed by atoms with Crippen LogP contribution >= 0.6 is 23.2 Å². The minimum Gasteiger partial charge on any atom is -0.353 e. The van der Waals surface area contributed by atoms with Crippen LogP contribution < -0.4 is 5.32 Å². The normalized spacial score (nSPS) is 15.0. The first kappa shape index (κ1) is 21.3.